The zero-order chi connectivity index (χ0) is 14.0. The molecule has 3 N–H and O–H groups in total. The molecule has 0 aliphatic carbocycles. The van der Waals surface area contributed by atoms with Crippen LogP contribution in [0.5, 0.6) is 0 Å². The van der Waals surface area contributed by atoms with E-state index < -0.39 is 0 Å². The Labute approximate surface area is 115 Å². The molecule has 4 nitrogen and oxygen atoms in total. The van der Waals surface area contributed by atoms with Crippen LogP contribution in [0.4, 0.5) is 5.82 Å². The number of nitrogens with zero attached hydrogens (tertiary/aromatic N) is 2. The quantitative estimate of drug-likeness (QED) is 0.634. The van der Waals surface area contributed by atoms with Crippen molar-refractivity contribution in [1.82, 2.24) is 4.98 Å². The minimum absolute atomic E-state index is 0.146. The highest BCUT2D eigenvalue weighted by Gasteiger charge is 2.22. The molecule has 0 unspecified atom stereocenters. The van der Waals surface area contributed by atoms with Gasteiger partial charge in [-0.25, -0.2) is 4.98 Å². The molecule has 19 heavy (non-hydrogen) atoms. The maximum Gasteiger partial charge on any atom is 0.128 e. The van der Waals surface area contributed by atoms with Gasteiger partial charge in [0.05, 0.1) is 5.84 Å². The average Bonchev–Trinajstić information content (AvgIpc) is 2.38. The lowest BCUT2D eigenvalue weighted by Gasteiger charge is -2.32. The van der Waals surface area contributed by atoms with Crippen LogP contribution in [0.25, 0.3) is 0 Å². The van der Waals surface area contributed by atoms with Crippen LogP contribution >= 0.6 is 0 Å². The summed E-state index contributed by atoms with van der Waals surface area (Å²) in [6, 6.07) is 4.27. The van der Waals surface area contributed by atoms with Crippen molar-refractivity contribution >= 4 is 11.7 Å². The summed E-state index contributed by atoms with van der Waals surface area (Å²) in [7, 11) is 0. The molecule has 1 fully saturated rings. The van der Waals surface area contributed by atoms with E-state index in [1.807, 2.05) is 6.20 Å². The number of aromatic nitrogens is 1. The van der Waals surface area contributed by atoms with Crippen LogP contribution in [0.1, 0.15) is 39.2 Å². The van der Waals surface area contributed by atoms with Crippen molar-refractivity contribution in [3.63, 3.8) is 0 Å². The third kappa shape index (κ3) is 3.25. The van der Waals surface area contributed by atoms with Crippen LogP contribution in [0.3, 0.4) is 0 Å². The number of pyridine rings is 1. The molecule has 1 aromatic heterocycles. The fourth-order valence-electron chi connectivity index (χ4n) is 2.44. The largest absolute Gasteiger partial charge is 0.387 e. The van der Waals surface area contributed by atoms with Gasteiger partial charge < -0.3 is 10.6 Å². The van der Waals surface area contributed by atoms with E-state index in [2.05, 4.69) is 42.8 Å². The van der Waals surface area contributed by atoms with Crippen LogP contribution in [0, 0.1) is 11.3 Å². The number of piperidine rings is 1. The Morgan fingerprint density at radius 1 is 1.32 bits per heavy atom. The van der Waals surface area contributed by atoms with Gasteiger partial charge in [-0.05, 0) is 29.9 Å². The third-order valence-electron chi connectivity index (χ3n) is 3.87. The first kappa shape index (κ1) is 13.8. The summed E-state index contributed by atoms with van der Waals surface area (Å²) in [5, 5.41) is 7.50. The highest BCUT2D eigenvalue weighted by molar-refractivity contribution is 5.79. The molecule has 104 valence electrons. The van der Waals surface area contributed by atoms with Gasteiger partial charge in [-0.1, -0.05) is 26.8 Å². The standard InChI is InChI=1S/C15H24N4/c1-15(2,3)12-4-5-13(18-10-12)19-8-6-11(7-9-19)14(16)17/h4-5,10-11H,6-9H2,1-3H3,(H3,16,17). The summed E-state index contributed by atoms with van der Waals surface area (Å²) in [5.41, 5.74) is 6.97. The minimum atomic E-state index is 0.146. The monoisotopic (exact) mass is 260 g/mol. The first-order valence-electron chi connectivity index (χ1n) is 6.93. The maximum absolute atomic E-state index is 7.50. The van der Waals surface area contributed by atoms with Gasteiger partial charge in [0.1, 0.15) is 5.82 Å². The Morgan fingerprint density at radius 2 is 1.95 bits per heavy atom. The highest BCUT2D eigenvalue weighted by atomic mass is 15.2. The Kier molecular flexibility index (Phi) is 3.78. The number of nitrogens with one attached hydrogen (secondary N) is 1. The number of nitrogens with two attached hydrogens (primary N) is 1. The van der Waals surface area contributed by atoms with Crippen molar-refractivity contribution in [3.8, 4) is 0 Å². The van der Waals surface area contributed by atoms with Crippen LogP contribution in [-0.4, -0.2) is 23.9 Å². The van der Waals surface area contributed by atoms with Crippen LogP contribution in [0.2, 0.25) is 0 Å². The summed E-state index contributed by atoms with van der Waals surface area (Å²) in [6.07, 6.45) is 3.89. The zero-order valence-electron chi connectivity index (χ0n) is 12.1. The summed E-state index contributed by atoms with van der Waals surface area (Å²) in [5.74, 6) is 1.62. The van der Waals surface area contributed by atoms with Gasteiger partial charge in [-0.15, -0.1) is 0 Å². The van der Waals surface area contributed by atoms with Crippen LogP contribution in [0.15, 0.2) is 18.3 Å². The van der Waals surface area contributed by atoms with E-state index in [0.717, 1.165) is 31.7 Å². The molecule has 0 amide bonds. The molecule has 1 aliphatic rings. The lowest BCUT2D eigenvalue weighted by Crippen LogP contribution is -2.38. The molecule has 0 radical (unpaired) electrons. The maximum atomic E-state index is 7.50. The zero-order valence-corrected chi connectivity index (χ0v) is 12.1. The molecule has 0 spiro atoms. The fraction of sp³-hybridized carbons (Fsp3) is 0.600. The van der Waals surface area contributed by atoms with E-state index in [1.165, 1.54) is 5.56 Å². The Bertz CT molecular complexity index is 436. The number of amidine groups is 1. The predicted molar refractivity (Wildman–Crippen MR) is 79.8 cm³/mol. The number of hydrogen-bond acceptors (Lipinski definition) is 3. The Morgan fingerprint density at radius 3 is 2.37 bits per heavy atom. The number of anilines is 1. The Balaban J connectivity index is 2.02. The SMILES string of the molecule is CC(C)(C)c1ccc(N2CCC(C(=N)N)CC2)nc1. The second-order valence-electron chi connectivity index (χ2n) is 6.37. The molecule has 4 heteroatoms. The van der Waals surface area contributed by atoms with E-state index in [9.17, 15) is 0 Å². The molecule has 1 aromatic rings. The highest BCUT2D eigenvalue weighted by Crippen LogP contribution is 2.25. The third-order valence-corrected chi connectivity index (χ3v) is 3.87. The van der Waals surface area contributed by atoms with E-state index >= 15 is 0 Å². The van der Waals surface area contributed by atoms with Crippen molar-refractivity contribution in [2.75, 3.05) is 18.0 Å². The molecule has 1 saturated heterocycles. The van der Waals surface area contributed by atoms with Gasteiger partial charge in [-0.3, -0.25) is 5.41 Å². The van der Waals surface area contributed by atoms with Crippen molar-refractivity contribution in [1.29, 1.82) is 5.41 Å². The smallest absolute Gasteiger partial charge is 0.128 e. The van der Waals surface area contributed by atoms with Crippen molar-refractivity contribution < 1.29 is 0 Å². The topological polar surface area (TPSA) is 66.0 Å². The molecular weight excluding hydrogens is 236 g/mol. The molecule has 2 heterocycles. The summed E-state index contributed by atoms with van der Waals surface area (Å²) < 4.78 is 0. The molecule has 0 aromatic carbocycles. The van der Waals surface area contributed by atoms with Crippen LogP contribution < -0.4 is 10.6 Å². The minimum Gasteiger partial charge on any atom is -0.387 e. The second-order valence-corrected chi connectivity index (χ2v) is 6.37. The molecule has 0 saturated carbocycles. The average molecular weight is 260 g/mol. The van der Waals surface area contributed by atoms with Gasteiger partial charge >= 0.3 is 0 Å². The molecule has 0 atom stereocenters. The first-order valence-corrected chi connectivity index (χ1v) is 6.93. The Hall–Kier alpha value is -1.58. The number of hydrogen-bond donors (Lipinski definition) is 2. The lowest BCUT2D eigenvalue weighted by molar-refractivity contribution is 0.495. The van der Waals surface area contributed by atoms with Gasteiger partial charge in [0.15, 0.2) is 0 Å². The van der Waals surface area contributed by atoms with Gasteiger partial charge in [-0.2, -0.15) is 0 Å². The lowest BCUT2D eigenvalue weighted by atomic mass is 9.88. The van der Waals surface area contributed by atoms with Crippen molar-refractivity contribution in [2.24, 2.45) is 11.7 Å². The first-order chi connectivity index (χ1) is 8.88. The van der Waals surface area contributed by atoms with Gasteiger partial charge in [0, 0.05) is 25.2 Å². The molecule has 1 aliphatic heterocycles. The van der Waals surface area contributed by atoms with E-state index in [4.69, 9.17) is 11.1 Å². The summed E-state index contributed by atoms with van der Waals surface area (Å²) >= 11 is 0. The van der Waals surface area contributed by atoms with E-state index in [-0.39, 0.29) is 11.3 Å². The summed E-state index contributed by atoms with van der Waals surface area (Å²) in [4.78, 5) is 6.86. The van der Waals surface area contributed by atoms with Crippen molar-refractivity contribution in [2.45, 2.75) is 39.0 Å². The normalized spacial score (nSPS) is 17.5. The van der Waals surface area contributed by atoms with Gasteiger partial charge in [0.25, 0.3) is 0 Å². The second kappa shape index (κ2) is 5.19. The predicted octanol–water partition coefficient (Wildman–Crippen LogP) is 2.53. The fourth-order valence-corrected chi connectivity index (χ4v) is 2.44. The van der Waals surface area contributed by atoms with Crippen molar-refractivity contribution in [3.05, 3.63) is 23.9 Å². The summed E-state index contributed by atoms with van der Waals surface area (Å²) in [6.45, 7) is 8.46. The van der Waals surface area contributed by atoms with E-state index in [0.29, 0.717) is 5.84 Å². The van der Waals surface area contributed by atoms with Crippen LogP contribution in [-0.2, 0) is 5.41 Å². The molecule has 2 rings (SSSR count). The van der Waals surface area contributed by atoms with E-state index in [1.54, 1.807) is 0 Å². The molecule has 0 bridgehead atoms. The number of rotatable bonds is 2. The van der Waals surface area contributed by atoms with Gasteiger partial charge in [0.2, 0.25) is 0 Å². The molecular formula is C15H24N4.